The van der Waals surface area contributed by atoms with Gasteiger partial charge in [-0.3, -0.25) is 9.58 Å². The van der Waals surface area contributed by atoms with Crippen LogP contribution in [0.4, 0.5) is 0 Å². The van der Waals surface area contributed by atoms with Crippen molar-refractivity contribution >= 4 is 0 Å². The highest BCUT2D eigenvalue weighted by atomic mass is 16.5. The molecule has 3 rings (SSSR count). The van der Waals surface area contributed by atoms with E-state index in [1.54, 1.807) is 0 Å². The minimum Gasteiger partial charge on any atom is -0.380 e. The van der Waals surface area contributed by atoms with Crippen LogP contribution < -0.4 is 0 Å². The zero-order valence-electron chi connectivity index (χ0n) is 12.8. The Hall–Kier alpha value is -0.870. The van der Waals surface area contributed by atoms with Gasteiger partial charge in [-0.25, -0.2) is 0 Å². The quantitative estimate of drug-likeness (QED) is 0.847. The zero-order chi connectivity index (χ0) is 13.9. The number of nitrogens with zero attached hydrogens (tertiary/aromatic N) is 3. The van der Waals surface area contributed by atoms with Crippen LogP contribution in [-0.4, -0.2) is 41.0 Å². The van der Waals surface area contributed by atoms with Gasteiger partial charge in [0.25, 0.3) is 0 Å². The third kappa shape index (κ3) is 3.23. The summed E-state index contributed by atoms with van der Waals surface area (Å²) < 4.78 is 7.86. The maximum absolute atomic E-state index is 5.81. The molecule has 0 amide bonds. The van der Waals surface area contributed by atoms with Crippen molar-refractivity contribution in [3.8, 4) is 0 Å². The van der Waals surface area contributed by atoms with Crippen LogP contribution in [0.1, 0.15) is 44.7 Å². The molecule has 0 bridgehead atoms. The predicted molar refractivity (Wildman–Crippen MR) is 79.5 cm³/mol. The molecule has 4 nitrogen and oxygen atoms in total. The summed E-state index contributed by atoms with van der Waals surface area (Å²) in [4.78, 5) is 2.55. The highest BCUT2D eigenvalue weighted by Crippen LogP contribution is 2.34. The standard InChI is InChI=1S/C16H27N3O/c1-13(2)19-10-14(8-17-19)9-18-6-7-20-12-16(11-18)15-4-3-5-15/h8,10,13,15-16H,3-7,9,11-12H2,1-2H3. The fourth-order valence-electron chi connectivity index (χ4n) is 3.24. The van der Waals surface area contributed by atoms with Crippen LogP contribution in [0.25, 0.3) is 0 Å². The van der Waals surface area contributed by atoms with Crippen LogP contribution in [-0.2, 0) is 11.3 Å². The smallest absolute Gasteiger partial charge is 0.0593 e. The van der Waals surface area contributed by atoms with Gasteiger partial charge in [0, 0.05) is 37.4 Å². The molecule has 1 aromatic rings. The molecule has 1 aliphatic heterocycles. The number of rotatable bonds is 4. The van der Waals surface area contributed by atoms with Gasteiger partial charge in [0.1, 0.15) is 0 Å². The molecule has 1 saturated carbocycles. The lowest BCUT2D eigenvalue weighted by molar-refractivity contribution is 0.0769. The number of hydrogen-bond acceptors (Lipinski definition) is 3. The fraction of sp³-hybridized carbons (Fsp3) is 0.812. The molecule has 0 aromatic carbocycles. The van der Waals surface area contributed by atoms with Crippen LogP contribution in [0, 0.1) is 11.8 Å². The van der Waals surface area contributed by atoms with E-state index in [9.17, 15) is 0 Å². The Bertz CT molecular complexity index is 425. The Morgan fingerprint density at radius 2 is 2.20 bits per heavy atom. The molecule has 2 fully saturated rings. The molecule has 2 heterocycles. The molecule has 2 aliphatic rings. The molecule has 1 aromatic heterocycles. The third-order valence-corrected chi connectivity index (χ3v) is 4.78. The van der Waals surface area contributed by atoms with E-state index in [1.165, 1.54) is 31.4 Å². The van der Waals surface area contributed by atoms with Gasteiger partial charge in [-0.1, -0.05) is 19.3 Å². The van der Waals surface area contributed by atoms with Crippen molar-refractivity contribution in [2.24, 2.45) is 11.8 Å². The highest BCUT2D eigenvalue weighted by molar-refractivity contribution is 5.04. The Morgan fingerprint density at radius 3 is 2.85 bits per heavy atom. The van der Waals surface area contributed by atoms with E-state index in [0.29, 0.717) is 6.04 Å². The van der Waals surface area contributed by atoms with Crippen molar-refractivity contribution in [1.29, 1.82) is 0 Å². The van der Waals surface area contributed by atoms with Crippen LogP contribution in [0.15, 0.2) is 12.4 Å². The lowest BCUT2D eigenvalue weighted by Gasteiger charge is -2.34. The van der Waals surface area contributed by atoms with Crippen LogP contribution in [0.2, 0.25) is 0 Å². The lowest BCUT2D eigenvalue weighted by Crippen LogP contribution is -2.35. The van der Waals surface area contributed by atoms with E-state index in [-0.39, 0.29) is 0 Å². The van der Waals surface area contributed by atoms with Gasteiger partial charge in [-0.2, -0.15) is 5.10 Å². The average molecular weight is 277 g/mol. The monoisotopic (exact) mass is 277 g/mol. The maximum Gasteiger partial charge on any atom is 0.0593 e. The summed E-state index contributed by atoms with van der Waals surface area (Å²) in [6.07, 6.45) is 8.45. The molecular formula is C16H27N3O. The Kier molecular flexibility index (Phi) is 4.41. The summed E-state index contributed by atoms with van der Waals surface area (Å²) in [5.74, 6) is 1.65. The number of ether oxygens (including phenoxy) is 1. The summed E-state index contributed by atoms with van der Waals surface area (Å²) in [5.41, 5.74) is 1.33. The van der Waals surface area contributed by atoms with Crippen molar-refractivity contribution in [2.75, 3.05) is 26.3 Å². The summed E-state index contributed by atoms with van der Waals surface area (Å²) in [6.45, 7) is 9.44. The first kappa shape index (κ1) is 14.1. The molecule has 0 spiro atoms. The van der Waals surface area contributed by atoms with E-state index >= 15 is 0 Å². The van der Waals surface area contributed by atoms with Crippen molar-refractivity contribution < 1.29 is 4.74 Å². The summed E-state index contributed by atoms with van der Waals surface area (Å²) in [7, 11) is 0. The average Bonchev–Trinajstić information content (AvgIpc) is 2.69. The summed E-state index contributed by atoms with van der Waals surface area (Å²) in [5, 5.41) is 4.44. The first-order valence-corrected chi connectivity index (χ1v) is 8.05. The topological polar surface area (TPSA) is 30.3 Å². The molecule has 4 heteroatoms. The number of hydrogen-bond donors (Lipinski definition) is 0. The van der Waals surface area contributed by atoms with Crippen LogP contribution in [0.5, 0.6) is 0 Å². The normalized spacial score (nSPS) is 25.6. The molecule has 0 radical (unpaired) electrons. The maximum atomic E-state index is 5.81. The van der Waals surface area contributed by atoms with Crippen LogP contribution in [0.3, 0.4) is 0 Å². The van der Waals surface area contributed by atoms with Gasteiger partial charge < -0.3 is 4.74 Å². The molecule has 1 saturated heterocycles. The van der Waals surface area contributed by atoms with E-state index in [0.717, 1.165) is 38.1 Å². The molecule has 1 unspecified atom stereocenters. The first-order valence-electron chi connectivity index (χ1n) is 8.05. The second-order valence-corrected chi connectivity index (χ2v) is 6.68. The van der Waals surface area contributed by atoms with Crippen molar-refractivity contribution in [3.63, 3.8) is 0 Å². The SMILES string of the molecule is CC(C)n1cc(CN2CCOCC(C3CCC3)C2)cn1. The first-order chi connectivity index (χ1) is 9.72. The summed E-state index contributed by atoms with van der Waals surface area (Å²) in [6, 6.07) is 0.443. The van der Waals surface area contributed by atoms with Crippen molar-refractivity contribution in [3.05, 3.63) is 18.0 Å². The van der Waals surface area contributed by atoms with Crippen LogP contribution >= 0.6 is 0 Å². The Balaban J connectivity index is 1.59. The van der Waals surface area contributed by atoms with Gasteiger partial charge in [0.05, 0.1) is 19.4 Å². The minimum atomic E-state index is 0.443. The van der Waals surface area contributed by atoms with Gasteiger partial charge in [-0.05, 0) is 25.7 Å². The van der Waals surface area contributed by atoms with Crippen molar-refractivity contribution in [1.82, 2.24) is 14.7 Å². The van der Waals surface area contributed by atoms with Crippen molar-refractivity contribution in [2.45, 2.75) is 45.7 Å². The molecule has 0 N–H and O–H groups in total. The molecule has 1 atom stereocenters. The lowest BCUT2D eigenvalue weighted by atomic mass is 9.76. The second kappa shape index (κ2) is 6.27. The Morgan fingerprint density at radius 1 is 1.35 bits per heavy atom. The minimum absolute atomic E-state index is 0.443. The highest BCUT2D eigenvalue weighted by Gasteiger charge is 2.30. The molecule has 112 valence electrons. The van der Waals surface area contributed by atoms with Gasteiger partial charge in [0.2, 0.25) is 0 Å². The molecule has 1 aliphatic carbocycles. The Labute approximate surface area is 122 Å². The van der Waals surface area contributed by atoms with E-state index in [1.807, 2.05) is 10.9 Å². The van der Waals surface area contributed by atoms with E-state index < -0.39 is 0 Å². The zero-order valence-corrected chi connectivity index (χ0v) is 12.8. The third-order valence-electron chi connectivity index (χ3n) is 4.78. The van der Waals surface area contributed by atoms with Gasteiger partial charge in [0.15, 0.2) is 0 Å². The van der Waals surface area contributed by atoms with Gasteiger partial charge in [-0.15, -0.1) is 0 Å². The number of aromatic nitrogens is 2. The molecular weight excluding hydrogens is 250 g/mol. The fourth-order valence-corrected chi connectivity index (χ4v) is 3.24. The second-order valence-electron chi connectivity index (χ2n) is 6.68. The van der Waals surface area contributed by atoms with E-state index in [2.05, 4.69) is 30.0 Å². The predicted octanol–water partition coefficient (Wildman–Crippen LogP) is 2.71. The largest absolute Gasteiger partial charge is 0.380 e. The van der Waals surface area contributed by atoms with Gasteiger partial charge >= 0.3 is 0 Å². The molecule has 20 heavy (non-hydrogen) atoms. The summed E-state index contributed by atoms with van der Waals surface area (Å²) >= 11 is 0. The van der Waals surface area contributed by atoms with E-state index in [4.69, 9.17) is 4.74 Å².